The second kappa shape index (κ2) is 6.88. The molecule has 1 N–H and O–H groups in total. The number of anilines is 1. The number of ether oxygens (including phenoxy) is 1. The zero-order chi connectivity index (χ0) is 15.2. The molecule has 0 fully saturated rings. The van der Waals surface area contributed by atoms with Gasteiger partial charge in [-0.25, -0.2) is 0 Å². The first-order chi connectivity index (χ1) is 10.1. The molecule has 0 saturated carbocycles. The van der Waals surface area contributed by atoms with Gasteiger partial charge >= 0.3 is 0 Å². The van der Waals surface area contributed by atoms with Crippen LogP contribution in [0, 0.1) is 6.92 Å². The molecule has 6 nitrogen and oxygen atoms in total. The molecule has 112 valence electrons. The molecule has 0 spiro atoms. The van der Waals surface area contributed by atoms with Gasteiger partial charge in [0.2, 0.25) is 5.91 Å². The van der Waals surface area contributed by atoms with E-state index in [-0.39, 0.29) is 12.5 Å². The summed E-state index contributed by atoms with van der Waals surface area (Å²) in [5.74, 6) is 1.54. The topological polar surface area (TPSA) is 77.3 Å². The van der Waals surface area contributed by atoms with Crippen LogP contribution in [0.1, 0.15) is 37.5 Å². The summed E-state index contributed by atoms with van der Waals surface area (Å²) in [5.41, 5.74) is 1.66. The van der Waals surface area contributed by atoms with Gasteiger partial charge in [-0.3, -0.25) is 4.79 Å². The third kappa shape index (κ3) is 4.30. The molecular weight excluding hydrogens is 270 g/mol. The number of hydrogen-bond donors (Lipinski definition) is 1. The van der Waals surface area contributed by atoms with Gasteiger partial charge in [-0.15, -0.1) is 0 Å². The van der Waals surface area contributed by atoms with Crippen molar-refractivity contribution in [2.45, 2.75) is 40.2 Å². The van der Waals surface area contributed by atoms with E-state index < -0.39 is 0 Å². The third-order valence-corrected chi connectivity index (χ3v) is 2.78. The van der Waals surface area contributed by atoms with Gasteiger partial charge in [0.25, 0.3) is 5.89 Å². The minimum absolute atomic E-state index is 0.147. The van der Waals surface area contributed by atoms with Gasteiger partial charge in [0.1, 0.15) is 5.75 Å². The molecule has 0 saturated heterocycles. The highest BCUT2D eigenvalue weighted by molar-refractivity contribution is 5.90. The fourth-order valence-corrected chi connectivity index (χ4v) is 1.86. The highest BCUT2D eigenvalue weighted by Crippen LogP contribution is 2.26. The summed E-state index contributed by atoms with van der Waals surface area (Å²) >= 11 is 0. The van der Waals surface area contributed by atoms with Crippen molar-refractivity contribution in [1.29, 1.82) is 0 Å². The number of aryl methyl sites for hydroxylation is 2. The largest absolute Gasteiger partial charge is 0.482 e. The van der Waals surface area contributed by atoms with Crippen LogP contribution in [0.15, 0.2) is 22.7 Å². The second-order valence-electron chi connectivity index (χ2n) is 4.82. The predicted molar refractivity (Wildman–Crippen MR) is 78.1 cm³/mol. The van der Waals surface area contributed by atoms with Crippen molar-refractivity contribution in [3.63, 3.8) is 0 Å². The smallest absolute Gasteiger partial charge is 0.264 e. The Hall–Kier alpha value is -2.37. The van der Waals surface area contributed by atoms with E-state index in [1.54, 1.807) is 0 Å². The van der Waals surface area contributed by atoms with Crippen LogP contribution in [-0.4, -0.2) is 16.0 Å². The number of aromatic nitrogens is 2. The van der Waals surface area contributed by atoms with E-state index in [0.29, 0.717) is 23.2 Å². The Bertz CT molecular complexity index is 622. The molecule has 1 amide bonds. The Labute approximate surface area is 123 Å². The number of benzene rings is 1. The van der Waals surface area contributed by atoms with Crippen molar-refractivity contribution in [1.82, 2.24) is 10.1 Å². The van der Waals surface area contributed by atoms with Crippen molar-refractivity contribution in [2.24, 2.45) is 0 Å². The molecule has 21 heavy (non-hydrogen) atoms. The van der Waals surface area contributed by atoms with Crippen LogP contribution in [0.25, 0.3) is 0 Å². The number of amides is 1. The Morgan fingerprint density at radius 2 is 2.24 bits per heavy atom. The Balaban J connectivity index is 2.07. The lowest BCUT2D eigenvalue weighted by Crippen LogP contribution is -2.08. The molecular formula is C15H19N3O3. The molecule has 0 aliphatic heterocycles. The van der Waals surface area contributed by atoms with Crippen LogP contribution >= 0.6 is 0 Å². The molecule has 6 heteroatoms. The quantitative estimate of drug-likeness (QED) is 0.884. The maximum absolute atomic E-state index is 11.2. The van der Waals surface area contributed by atoms with Crippen LogP contribution in [0.3, 0.4) is 0 Å². The molecule has 0 aliphatic rings. The van der Waals surface area contributed by atoms with Gasteiger partial charge in [-0.05, 0) is 31.0 Å². The van der Waals surface area contributed by atoms with Crippen LogP contribution < -0.4 is 10.1 Å². The zero-order valence-electron chi connectivity index (χ0n) is 12.5. The van der Waals surface area contributed by atoms with Crippen LogP contribution in [-0.2, 0) is 17.8 Å². The first-order valence-corrected chi connectivity index (χ1v) is 6.91. The SMILES string of the molecule is CCCc1noc(COc2cc(C)ccc2NC(C)=O)n1. The van der Waals surface area contributed by atoms with Gasteiger partial charge in [0, 0.05) is 13.3 Å². The Morgan fingerprint density at radius 1 is 1.43 bits per heavy atom. The van der Waals surface area contributed by atoms with Crippen molar-refractivity contribution < 1.29 is 14.1 Å². The average molecular weight is 289 g/mol. The normalized spacial score (nSPS) is 10.4. The van der Waals surface area contributed by atoms with Crippen molar-refractivity contribution in [3.8, 4) is 5.75 Å². The maximum atomic E-state index is 11.2. The minimum Gasteiger partial charge on any atom is -0.482 e. The highest BCUT2D eigenvalue weighted by atomic mass is 16.5. The van der Waals surface area contributed by atoms with Crippen molar-refractivity contribution >= 4 is 11.6 Å². The Morgan fingerprint density at radius 3 is 2.95 bits per heavy atom. The van der Waals surface area contributed by atoms with Crippen molar-refractivity contribution in [3.05, 3.63) is 35.5 Å². The van der Waals surface area contributed by atoms with Gasteiger partial charge in [-0.1, -0.05) is 18.1 Å². The predicted octanol–water partition coefficient (Wildman–Crippen LogP) is 2.87. The van der Waals surface area contributed by atoms with E-state index >= 15 is 0 Å². The third-order valence-electron chi connectivity index (χ3n) is 2.78. The lowest BCUT2D eigenvalue weighted by Gasteiger charge is -2.11. The molecule has 0 radical (unpaired) electrons. The fraction of sp³-hybridized carbons (Fsp3) is 0.400. The first-order valence-electron chi connectivity index (χ1n) is 6.91. The monoisotopic (exact) mass is 289 g/mol. The number of hydrogen-bond acceptors (Lipinski definition) is 5. The molecule has 0 unspecified atom stereocenters. The molecule has 0 bridgehead atoms. The van der Waals surface area contributed by atoms with Gasteiger partial charge < -0.3 is 14.6 Å². The summed E-state index contributed by atoms with van der Waals surface area (Å²) in [6.45, 7) is 5.64. The average Bonchev–Trinajstić information content (AvgIpc) is 2.87. The summed E-state index contributed by atoms with van der Waals surface area (Å²) in [5, 5.41) is 6.60. The summed E-state index contributed by atoms with van der Waals surface area (Å²) in [4.78, 5) is 15.4. The number of carbonyl (C=O) groups is 1. The van der Waals surface area contributed by atoms with Crippen LogP contribution in [0.5, 0.6) is 5.75 Å². The molecule has 1 aromatic carbocycles. The number of rotatable bonds is 6. The van der Waals surface area contributed by atoms with E-state index in [9.17, 15) is 4.79 Å². The van der Waals surface area contributed by atoms with E-state index in [1.807, 2.05) is 25.1 Å². The van der Waals surface area contributed by atoms with E-state index in [4.69, 9.17) is 9.26 Å². The second-order valence-corrected chi connectivity index (χ2v) is 4.82. The van der Waals surface area contributed by atoms with Crippen molar-refractivity contribution in [2.75, 3.05) is 5.32 Å². The number of carbonyl (C=O) groups excluding carboxylic acids is 1. The van der Waals surface area contributed by atoms with E-state index in [0.717, 1.165) is 18.4 Å². The number of nitrogens with one attached hydrogen (secondary N) is 1. The minimum atomic E-state index is -0.147. The summed E-state index contributed by atoms with van der Waals surface area (Å²) in [7, 11) is 0. The molecule has 1 aromatic heterocycles. The first kappa shape index (κ1) is 15.0. The van der Waals surface area contributed by atoms with Gasteiger partial charge in [-0.2, -0.15) is 4.98 Å². The molecule has 2 aromatic rings. The Kier molecular flexibility index (Phi) is 4.92. The number of nitrogens with zero attached hydrogens (tertiary/aromatic N) is 2. The lowest BCUT2D eigenvalue weighted by molar-refractivity contribution is -0.114. The fourth-order valence-electron chi connectivity index (χ4n) is 1.86. The highest BCUT2D eigenvalue weighted by Gasteiger charge is 2.10. The van der Waals surface area contributed by atoms with Crippen LogP contribution in [0.2, 0.25) is 0 Å². The summed E-state index contributed by atoms with van der Waals surface area (Å²) in [6.07, 6.45) is 1.75. The lowest BCUT2D eigenvalue weighted by atomic mass is 10.2. The van der Waals surface area contributed by atoms with E-state index in [2.05, 4.69) is 22.4 Å². The van der Waals surface area contributed by atoms with Crippen LogP contribution in [0.4, 0.5) is 5.69 Å². The summed E-state index contributed by atoms with van der Waals surface area (Å²) in [6, 6.07) is 5.57. The van der Waals surface area contributed by atoms with E-state index in [1.165, 1.54) is 6.92 Å². The zero-order valence-corrected chi connectivity index (χ0v) is 12.5. The molecule has 2 rings (SSSR count). The molecule has 0 aliphatic carbocycles. The summed E-state index contributed by atoms with van der Waals surface area (Å²) < 4.78 is 10.8. The molecule has 0 atom stereocenters. The van der Waals surface area contributed by atoms with Gasteiger partial charge in [0.05, 0.1) is 5.69 Å². The maximum Gasteiger partial charge on any atom is 0.264 e. The van der Waals surface area contributed by atoms with Gasteiger partial charge in [0.15, 0.2) is 12.4 Å². The molecule has 1 heterocycles. The standard InChI is InChI=1S/C15H19N3O3/c1-4-5-14-17-15(21-18-14)9-20-13-8-10(2)6-7-12(13)16-11(3)19/h6-8H,4-5,9H2,1-3H3,(H,16,19).